The molecule has 1 aromatic carbocycles. The number of carbonyl (C=O) groups is 2. The predicted octanol–water partition coefficient (Wildman–Crippen LogP) is 4.00. The average Bonchev–Trinajstić information content (AvgIpc) is 3.07. The maximum absolute atomic E-state index is 12.6. The quantitative estimate of drug-likeness (QED) is 0.656. The van der Waals surface area contributed by atoms with Gasteiger partial charge in [0, 0.05) is 11.1 Å². The summed E-state index contributed by atoms with van der Waals surface area (Å²) in [4.78, 5) is 29.2. The van der Waals surface area contributed by atoms with Crippen LogP contribution in [0.3, 0.4) is 0 Å². The van der Waals surface area contributed by atoms with Gasteiger partial charge in [-0.05, 0) is 18.4 Å². The molecule has 3 atom stereocenters. The molecule has 0 aliphatic rings. The van der Waals surface area contributed by atoms with Crippen LogP contribution in [0.2, 0.25) is 0 Å². The standard InChI is InChI=1S/C20H22N2O3S/c1-4-13(2)18(15-8-6-5-7-9-15)20(24)25-11-17(23)16(10-21)19-22-14(3)12-26-19/h5-9,12-13,16,18H,4,11H2,1-3H3/t13-,16+,18+/m0/s1. The van der Waals surface area contributed by atoms with Crippen LogP contribution in [0.15, 0.2) is 35.7 Å². The van der Waals surface area contributed by atoms with Crippen LogP contribution in [0.4, 0.5) is 0 Å². The van der Waals surface area contributed by atoms with Crippen molar-refractivity contribution in [3.8, 4) is 6.07 Å². The van der Waals surface area contributed by atoms with E-state index < -0.39 is 30.2 Å². The van der Waals surface area contributed by atoms with E-state index in [0.29, 0.717) is 5.01 Å². The monoisotopic (exact) mass is 370 g/mol. The lowest BCUT2D eigenvalue weighted by molar-refractivity contribution is -0.150. The Morgan fingerprint density at radius 1 is 1.31 bits per heavy atom. The maximum Gasteiger partial charge on any atom is 0.314 e. The van der Waals surface area contributed by atoms with Gasteiger partial charge in [0.1, 0.15) is 5.01 Å². The van der Waals surface area contributed by atoms with Crippen molar-refractivity contribution in [2.75, 3.05) is 6.61 Å². The summed E-state index contributed by atoms with van der Waals surface area (Å²) in [5.41, 5.74) is 1.63. The Morgan fingerprint density at radius 2 is 2.00 bits per heavy atom. The van der Waals surface area contributed by atoms with Gasteiger partial charge in [0.25, 0.3) is 0 Å². The highest BCUT2D eigenvalue weighted by Gasteiger charge is 2.30. The van der Waals surface area contributed by atoms with E-state index in [-0.39, 0.29) is 5.92 Å². The van der Waals surface area contributed by atoms with Crippen LogP contribution < -0.4 is 0 Å². The number of ether oxygens (including phenoxy) is 1. The molecule has 2 rings (SSSR count). The first-order valence-corrected chi connectivity index (χ1v) is 9.41. The fourth-order valence-corrected chi connectivity index (χ4v) is 3.54. The summed E-state index contributed by atoms with van der Waals surface area (Å²) in [7, 11) is 0. The Hall–Kier alpha value is -2.52. The molecular weight excluding hydrogens is 348 g/mol. The number of benzene rings is 1. The number of aromatic nitrogens is 1. The third-order valence-corrected chi connectivity index (χ3v) is 5.34. The maximum atomic E-state index is 12.6. The number of nitrogens with zero attached hydrogens (tertiary/aromatic N) is 2. The largest absolute Gasteiger partial charge is 0.457 e. The summed E-state index contributed by atoms with van der Waals surface area (Å²) in [5.74, 6) is -2.25. The normalized spacial score (nSPS) is 14.1. The minimum atomic E-state index is -1.000. The molecule has 2 aromatic rings. The van der Waals surface area contributed by atoms with Crippen molar-refractivity contribution >= 4 is 23.1 Å². The SMILES string of the molecule is CC[C@H](C)[C@@H](C(=O)OCC(=O)[C@@H](C#N)c1nc(C)cs1)c1ccccc1. The molecule has 0 aliphatic carbocycles. The van der Waals surface area contributed by atoms with Gasteiger partial charge in [0.2, 0.25) is 0 Å². The number of hydrogen-bond acceptors (Lipinski definition) is 6. The molecule has 0 saturated carbocycles. The first-order valence-electron chi connectivity index (χ1n) is 8.53. The summed E-state index contributed by atoms with van der Waals surface area (Å²) in [6.45, 7) is 5.37. The Kier molecular flexibility index (Phi) is 7.05. The van der Waals surface area contributed by atoms with Gasteiger partial charge in [-0.3, -0.25) is 9.59 Å². The molecule has 0 fully saturated rings. The van der Waals surface area contributed by atoms with E-state index >= 15 is 0 Å². The average molecular weight is 370 g/mol. The zero-order valence-electron chi connectivity index (χ0n) is 15.1. The van der Waals surface area contributed by atoms with Gasteiger partial charge in [-0.1, -0.05) is 50.6 Å². The highest BCUT2D eigenvalue weighted by atomic mass is 32.1. The fraction of sp³-hybridized carbons (Fsp3) is 0.400. The second-order valence-electron chi connectivity index (χ2n) is 6.24. The van der Waals surface area contributed by atoms with Crippen LogP contribution in [0, 0.1) is 24.2 Å². The summed E-state index contributed by atoms with van der Waals surface area (Å²) in [6, 6.07) is 11.4. The van der Waals surface area contributed by atoms with Gasteiger partial charge >= 0.3 is 5.97 Å². The molecule has 0 spiro atoms. The Balaban J connectivity index is 2.07. The van der Waals surface area contributed by atoms with Crippen LogP contribution in [0.5, 0.6) is 0 Å². The van der Waals surface area contributed by atoms with Gasteiger partial charge in [0.15, 0.2) is 18.3 Å². The molecule has 1 aromatic heterocycles. The summed E-state index contributed by atoms with van der Waals surface area (Å²) in [6.07, 6.45) is 0.807. The first-order chi connectivity index (χ1) is 12.5. The van der Waals surface area contributed by atoms with Crippen molar-refractivity contribution in [2.45, 2.75) is 39.0 Å². The lowest BCUT2D eigenvalue weighted by Crippen LogP contribution is -2.26. The third kappa shape index (κ3) is 4.77. The van der Waals surface area contributed by atoms with Gasteiger partial charge in [-0.2, -0.15) is 5.26 Å². The molecule has 6 heteroatoms. The van der Waals surface area contributed by atoms with Gasteiger partial charge in [-0.15, -0.1) is 11.3 Å². The lowest BCUT2D eigenvalue weighted by Gasteiger charge is -2.22. The molecule has 0 bridgehead atoms. The molecular formula is C20H22N2O3S. The molecule has 136 valence electrons. The minimum Gasteiger partial charge on any atom is -0.457 e. The van der Waals surface area contributed by atoms with E-state index in [4.69, 9.17) is 4.74 Å². The van der Waals surface area contributed by atoms with Crippen molar-refractivity contribution in [3.63, 3.8) is 0 Å². The highest BCUT2D eigenvalue weighted by molar-refractivity contribution is 7.09. The molecule has 0 saturated heterocycles. The van der Waals surface area contributed by atoms with Crippen molar-refractivity contribution in [1.29, 1.82) is 5.26 Å². The number of rotatable bonds is 8. The second-order valence-corrected chi connectivity index (χ2v) is 7.13. The summed E-state index contributed by atoms with van der Waals surface area (Å²) < 4.78 is 5.29. The van der Waals surface area contributed by atoms with E-state index in [2.05, 4.69) is 4.98 Å². The number of esters is 1. The smallest absolute Gasteiger partial charge is 0.314 e. The Labute approximate surface area is 157 Å². The molecule has 0 N–H and O–H groups in total. The predicted molar refractivity (Wildman–Crippen MR) is 99.8 cm³/mol. The zero-order valence-corrected chi connectivity index (χ0v) is 16.0. The third-order valence-electron chi connectivity index (χ3n) is 4.32. The summed E-state index contributed by atoms with van der Waals surface area (Å²) in [5, 5.41) is 11.5. The number of Topliss-reactive ketones (excluding diaryl/α,β-unsaturated/α-hetero) is 1. The van der Waals surface area contributed by atoms with Crippen molar-refractivity contribution in [3.05, 3.63) is 52.0 Å². The summed E-state index contributed by atoms with van der Waals surface area (Å²) >= 11 is 1.26. The Bertz CT molecular complexity index is 795. The minimum absolute atomic E-state index is 0.0772. The van der Waals surface area contributed by atoms with Crippen LogP contribution in [0.1, 0.15) is 48.4 Å². The number of ketones is 1. The van der Waals surface area contributed by atoms with E-state index in [9.17, 15) is 14.9 Å². The molecule has 26 heavy (non-hydrogen) atoms. The van der Waals surface area contributed by atoms with E-state index in [1.165, 1.54) is 11.3 Å². The van der Waals surface area contributed by atoms with E-state index in [1.807, 2.05) is 50.2 Å². The van der Waals surface area contributed by atoms with Gasteiger partial charge in [0.05, 0.1) is 12.0 Å². The lowest BCUT2D eigenvalue weighted by atomic mass is 9.85. The molecule has 0 aliphatic heterocycles. The van der Waals surface area contributed by atoms with Gasteiger partial charge < -0.3 is 4.74 Å². The number of thiazole rings is 1. The van der Waals surface area contributed by atoms with Gasteiger partial charge in [-0.25, -0.2) is 4.98 Å². The number of aryl methyl sites for hydroxylation is 1. The van der Waals surface area contributed by atoms with Crippen LogP contribution in [-0.2, 0) is 14.3 Å². The number of nitriles is 1. The highest BCUT2D eigenvalue weighted by Crippen LogP contribution is 2.28. The topological polar surface area (TPSA) is 80.0 Å². The van der Waals surface area contributed by atoms with E-state index in [0.717, 1.165) is 17.7 Å². The second kappa shape index (κ2) is 9.25. The van der Waals surface area contributed by atoms with Crippen molar-refractivity contribution in [2.24, 2.45) is 5.92 Å². The Morgan fingerprint density at radius 3 is 2.54 bits per heavy atom. The van der Waals surface area contributed by atoms with Crippen LogP contribution in [0.25, 0.3) is 0 Å². The number of carbonyl (C=O) groups excluding carboxylic acids is 2. The molecule has 0 unspecified atom stereocenters. The molecule has 5 nitrogen and oxygen atoms in total. The molecule has 1 heterocycles. The molecule has 0 radical (unpaired) electrons. The molecule has 0 amide bonds. The van der Waals surface area contributed by atoms with E-state index in [1.54, 1.807) is 12.3 Å². The zero-order chi connectivity index (χ0) is 19.1. The number of hydrogen-bond donors (Lipinski definition) is 0. The van der Waals surface area contributed by atoms with Crippen molar-refractivity contribution < 1.29 is 14.3 Å². The van der Waals surface area contributed by atoms with Crippen LogP contribution >= 0.6 is 11.3 Å². The van der Waals surface area contributed by atoms with Crippen LogP contribution in [-0.4, -0.2) is 23.3 Å². The fourth-order valence-electron chi connectivity index (χ4n) is 2.68. The van der Waals surface area contributed by atoms with Crippen molar-refractivity contribution in [1.82, 2.24) is 4.98 Å². The first kappa shape index (κ1) is 19.8.